The molecule has 0 saturated carbocycles. The van der Waals surface area contributed by atoms with E-state index in [0.29, 0.717) is 5.69 Å². The molecule has 8 nitrogen and oxygen atoms in total. The Hall–Kier alpha value is -3.00. The summed E-state index contributed by atoms with van der Waals surface area (Å²) < 4.78 is 7.50. The van der Waals surface area contributed by atoms with Gasteiger partial charge in [0.15, 0.2) is 0 Å². The fraction of sp³-hybridized carbons (Fsp3) is 0.429. The van der Waals surface area contributed by atoms with Crippen LogP contribution < -0.4 is 10.2 Å². The van der Waals surface area contributed by atoms with Gasteiger partial charge in [0, 0.05) is 24.7 Å². The third kappa shape index (κ3) is 3.67. The van der Waals surface area contributed by atoms with Gasteiger partial charge in [0.1, 0.15) is 18.2 Å². The first-order chi connectivity index (χ1) is 14.3. The molecule has 29 heavy (non-hydrogen) atoms. The molecule has 0 radical (unpaired) electrons. The molecule has 1 aromatic carbocycles. The normalized spacial score (nSPS) is 21.7. The second-order valence-corrected chi connectivity index (χ2v) is 7.64. The molecule has 2 aliphatic rings. The maximum Gasteiger partial charge on any atom is 0.247 e. The number of nitrogens with one attached hydrogen (secondary N) is 1. The van der Waals surface area contributed by atoms with E-state index in [2.05, 4.69) is 25.3 Å². The van der Waals surface area contributed by atoms with Crippen LogP contribution >= 0.6 is 0 Å². The number of aromatic nitrogens is 4. The van der Waals surface area contributed by atoms with E-state index in [1.165, 1.54) is 0 Å². The molecule has 2 fully saturated rings. The molecule has 3 aromatic rings. The Morgan fingerprint density at radius 2 is 2.14 bits per heavy atom. The number of fused-ring (bicyclic) bond motifs is 1. The van der Waals surface area contributed by atoms with Crippen LogP contribution in [0.5, 0.6) is 0 Å². The molecule has 5 rings (SSSR count). The van der Waals surface area contributed by atoms with Crippen LogP contribution in [-0.4, -0.2) is 51.0 Å². The highest BCUT2D eigenvalue weighted by Gasteiger charge is 2.33. The minimum atomic E-state index is -0.255. The zero-order valence-electron chi connectivity index (χ0n) is 16.2. The molecule has 8 heteroatoms. The summed E-state index contributed by atoms with van der Waals surface area (Å²) in [6, 6.07) is 7.65. The van der Waals surface area contributed by atoms with Gasteiger partial charge in [-0.25, -0.2) is 9.97 Å². The van der Waals surface area contributed by atoms with Gasteiger partial charge in [-0.05, 0) is 37.8 Å². The Bertz CT molecular complexity index is 1010. The maximum atomic E-state index is 13.0. The number of rotatable bonds is 5. The fourth-order valence-corrected chi connectivity index (χ4v) is 4.26. The molecule has 0 spiro atoms. The van der Waals surface area contributed by atoms with Gasteiger partial charge in [-0.3, -0.25) is 9.48 Å². The lowest BCUT2D eigenvalue weighted by Gasteiger charge is -2.25. The maximum absolute atomic E-state index is 13.0. The number of hydrogen-bond acceptors (Lipinski definition) is 6. The number of amides is 1. The second kappa shape index (κ2) is 7.79. The summed E-state index contributed by atoms with van der Waals surface area (Å²) in [5.41, 5.74) is 1.60. The molecular weight excluding hydrogens is 368 g/mol. The number of carbonyl (C=O) groups excluding carboxylic acids is 1. The summed E-state index contributed by atoms with van der Waals surface area (Å²) in [7, 11) is 0. The van der Waals surface area contributed by atoms with E-state index in [1.54, 1.807) is 12.5 Å². The molecule has 1 N–H and O–H groups in total. The first-order valence-electron chi connectivity index (χ1n) is 10.2. The number of nitrogens with zero attached hydrogens (tertiary/aromatic N) is 5. The average molecular weight is 392 g/mol. The SMILES string of the molecule is O=C(Nc1cnn(CC2CCCO2)c1)C1CCCN1c1ncnc2ccccc12. The Morgan fingerprint density at radius 1 is 1.21 bits per heavy atom. The number of hydrogen-bond donors (Lipinski definition) is 1. The minimum absolute atomic E-state index is 0.0261. The van der Waals surface area contributed by atoms with E-state index in [0.717, 1.165) is 62.1 Å². The van der Waals surface area contributed by atoms with Crippen LogP contribution in [0.15, 0.2) is 43.0 Å². The van der Waals surface area contributed by atoms with Crippen molar-refractivity contribution in [1.82, 2.24) is 19.7 Å². The predicted octanol–water partition coefficient (Wildman–Crippen LogP) is 2.61. The van der Waals surface area contributed by atoms with Gasteiger partial charge >= 0.3 is 0 Å². The summed E-state index contributed by atoms with van der Waals surface area (Å²) in [5, 5.41) is 8.37. The number of ether oxygens (including phenoxy) is 1. The highest BCUT2D eigenvalue weighted by atomic mass is 16.5. The van der Waals surface area contributed by atoms with Crippen molar-refractivity contribution in [3.05, 3.63) is 43.0 Å². The molecule has 150 valence electrons. The van der Waals surface area contributed by atoms with Crippen LogP contribution in [0.2, 0.25) is 0 Å². The minimum Gasteiger partial charge on any atom is -0.376 e. The molecule has 0 bridgehead atoms. The molecule has 2 aromatic heterocycles. The summed E-state index contributed by atoms with van der Waals surface area (Å²) in [6.45, 7) is 2.35. The van der Waals surface area contributed by atoms with Crippen molar-refractivity contribution in [1.29, 1.82) is 0 Å². The molecule has 2 saturated heterocycles. The Morgan fingerprint density at radius 3 is 3.03 bits per heavy atom. The Balaban J connectivity index is 1.31. The summed E-state index contributed by atoms with van der Waals surface area (Å²) in [6.07, 6.45) is 9.28. The van der Waals surface area contributed by atoms with Crippen molar-refractivity contribution < 1.29 is 9.53 Å². The smallest absolute Gasteiger partial charge is 0.247 e. The van der Waals surface area contributed by atoms with Gasteiger partial charge in [-0.2, -0.15) is 5.10 Å². The molecule has 1 amide bonds. The number of benzene rings is 1. The van der Waals surface area contributed by atoms with Gasteiger partial charge in [-0.15, -0.1) is 0 Å². The van der Waals surface area contributed by atoms with Crippen molar-refractivity contribution in [3.63, 3.8) is 0 Å². The van der Waals surface area contributed by atoms with Crippen LogP contribution in [0.1, 0.15) is 25.7 Å². The first-order valence-corrected chi connectivity index (χ1v) is 10.2. The van der Waals surface area contributed by atoms with Crippen molar-refractivity contribution in [2.75, 3.05) is 23.4 Å². The molecule has 2 atom stereocenters. The fourth-order valence-electron chi connectivity index (χ4n) is 4.26. The van der Waals surface area contributed by atoms with Crippen LogP contribution in [0.4, 0.5) is 11.5 Å². The first kappa shape index (κ1) is 18.1. The molecular formula is C21H24N6O2. The average Bonchev–Trinajstić information content (AvgIpc) is 3.50. The van der Waals surface area contributed by atoms with Gasteiger partial charge in [-0.1, -0.05) is 12.1 Å². The van der Waals surface area contributed by atoms with Crippen LogP contribution in [0.3, 0.4) is 0 Å². The topological polar surface area (TPSA) is 85.2 Å². The van der Waals surface area contributed by atoms with E-state index in [4.69, 9.17) is 4.74 Å². The van der Waals surface area contributed by atoms with Crippen molar-refractivity contribution in [2.24, 2.45) is 0 Å². The Labute approximate surface area is 168 Å². The van der Waals surface area contributed by atoms with Crippen molar-refractivity contribution in [2.45, 2.75) is 44.4 Å². The molecule has 2 unspecified atom stereocenters. The number of carbonyl (C=O) groups is 1. The summed E-state index contributed by atoms with van der Waals surface area (Å²) >= 11 is 0. The summed E-state index contributed by atoms with van der Waals surface area (Å²) in [4.78, 5) is 24.0. The monoisotopic (exact) mass is 392 g/mol. The number of anilines is 2. The lowest BCUT2D eigenvalue weighted by Crippen LogP contribution is -2.40. The van der Waals surface area contributed by atoms with Crippen molar-refractivity contribution >= 4 is 28.3 Å². The molecule has 4 heterocycles. The van der Waals surface area contributed by atoms with E-state index in [1.807, 2.05) is 35.1 Å². The van der Waals surface area contributed by atoms with E-state index in [9.17, 15) is 4.79 Å². The van der Waals surface area contributed by atoms with Gasteiger partial charge in [0.05, 0.1) is 30.0 Å². The van der Waals surface area contributed by atoms with Crippen molar-refractivity contribution in [3.8, 4) is 0 Å². The van der Waals surface area contributed by atoms with Crippen LogP contribution in [0, 0.1) is 0 Å². The third-order valence-electron chi connectivity index (χ3n) is 5.66. The van der Waals surface area contributed by atoms with Crippen LogP contribution in [-0.2, 0) is 16.1 Å². The zero-order valence-corrected chi connectivity index (χ0v) is 16.2. The zero-order chi connectivity index (χ0) is 19.6. The van der Waals surface area contributed by atoms with E-state index >= 15 is 0 Å². The van der Waals surface area contributed by atoms with Gasteiger partial charge in [0.25, 0.3) is 0 Å². The number of para-hydroxylation sites is 1. The second-order valence-electron chi connectivity index (χ2n) is 7.64. The van der Waals surface area contributed by atoms with Gasteiger partial charge in [0.2, 0.25) is 5.91 Å². The van der Waals surface area contributed by atoms with E-state index in [-0.39, 0.29) is 18.1 Å². The lowest BCUT2D eigenvalue weighted by molar-refractivity contribution is -0.117. The molecule has 0 aliphatic carbocycles. The third-order valence-corrected chi connectivity index (χ3v) is 5.66. The summed E-state index contributed by atoms with van der Waals surface area (Å²) in [5.74, 6) is 0.796. The lowest BCUT2D eigenvalue weighted by atomic mass is 10.2. The van der Waals surface area contributed by atoms with Crippen LogP contribution in [0.25, 0.3) is 10.9 Å². The Kier molecular flexibility index (Phi) is 4.85. The molecule has 2 aliphatic heterocycles. The largest absolute Gasteiger partial charge is 0.376 e. The predicted molar refractivity (Wildman–Crippen MR) is 110 cm³/mol. The highest BCUT2D eigenvalue weighted by molar-refractivity contribution is 5.99. The highest BCUT2D eigenvalue weighted by Crippen LogP contribution is 2.30. The standard InChI is InChI=1S/C21H24N6O2/c28-21(25-15-11-24-26(12-15)13-16-5-4-10-29-16)19-8-3-9-27(19)20-17-6-1-2-7-18(17)22-14-23-20/h1-2,6-7,11-12,14,16,19H,3-5,8-10,13H2,(H,25,28). The van der Waals surface area contributed by atoms with Gasteiger partial charge < -0.3 is 15.0 Å². The quantitative estimate of drug-likeness (QED) is 0.718. The van der Waals surface area contributed by atoms with E-state index < -0.39 is 0 Å².